The molecule has 5 nitrogen and oxygen atoms in total. The van der Waals surface area contributed by atoms with Crippen LogP contribution in [0.3, 0.4) is 0 Å². The second-order valence-electron chi connectivity index (χ2n) is 7.93. The van der Waals surface area contributed by atoms with Gasteiger partial charge in [0.05, 0.1) is 5.56 Å². The van der Waals surface area contributed by atoms with Crippen LogP contribution in [0, 0.1) is 0 Å². The lowest BCUT2D eigenvalue weighted by atomic mass is 10.2. The van der Waals surface area contributed by atoms with Gasteiger partial charge in [0.25, 0.3) is 5.91 Å². The summed E-state index contributed by atoms with van der Waals surface area (Å²) >= 11 is 5.70. The molecule has 194 valence electrons. The van der Waals surface area contributed by atoms with E-state index in [0.717, 1.165) is 38.5 Å². The molecule has 0 saturated heterocycles. The molecule has 0 aromatic carbocycles. The average Bonchev–Trinajstić information content (AvgIpc) is 2.88. The van der Waals surface area contributed by atoms with Crippen molar-refractivity contribution in [3.63, 3.8) is 0 Å². The van der Waals surface area contributed by atoms with Gasteiger partial charge in [-0.15, -0.1) is 0 Å². The zero-order valence-electron chi connectivity index (χ0n) is 21.4. The van der Waals surface area contributed by atoms with E-state index in [4.69, 9.17) is 11.6 Å². The lowest BCUT2D eigenvalue weighted by molar-refractivity contribution is -0.120. The minimum Gasteiger partial charge on any atom is -0.354 e. The van der Waals surface area contributed by atoms with Crippen molar-refractivity contribution < 1.29 is 9.59 Å². The molecule has 1 aromatic heterocycles. The van der Waals surface area contributed by atoms with Gasteiger partial charge in [-0.1, -0.05) is 91.4 Å². The molecule has 36 heavy (non-hydrogen) atoms. The summed E-state index contributed by atoms with van der Waals surface area (Å²) in [6.07, 6.45) is 34.3. The molecular formula is C30H40ClN3O2. The van der Waals surface area contributed by atoms with Gasteiger partial charge in [-0.05, 0) is 57.1 Å². The highest BCUT2D eigenvalue weighted by Crippen LogP contribution is 2.04. The normalized spacial score (nSPS) is 12.3. The number of carbonyl (C=O) groups is 2. The fourth-order valence-electron chi connectivity index (χ4n) is 2.93. The molecule has 6 heteroatoms. The first kappa shape index (κ1) is 30.9. The van der Waals surface area contributed by atoms with Crippen molar-refractivity contribution in [2.45, 2.75) is 58.3 Å². The number of rotatable bonds is 18. The Morgan fingerprint density at radius 2 is 1.25 bits per heavy atom. The zero-order valence-corrected chi connectivity index (χ0v) is 22.1. The van der Waals surface area contributed by atoms with Gasteiger partial charge in [-0.3, -0.25) is 9.59 Å². The first-order valence-electron chi connectivity index (χ1n) is 12.7. The molecule has 1 rings (SSSR count). The molecule has 1 aromatic rings. The molecule has 0 fully saturated rings. The summed E-state index contributed by atoms with van der Waals surface area (Å²) < 4.78 is 0. The number of allylic oxidation sites excluding steroid dienone is 12. The molecule has 0 spiro atoms. The van der Waals surface area contributed by atoms with Crippen molar-refractivity contribution in [1.29, 1.82) is 0 Å². The Labute approximate surface area is 221 Å². The SMILES string of the molecule is CCC=CCC=CCC=CCC=CCC=CCC=CCCC(=O)NCCNC(=O)c1ccc(Cl)nc1. The van der Waals surface area contributed by atoms with E-state index in [0.29, 0.717) is 36.6 Å². The van der Waals surface area contributed by atoms with Crippen LogP contribution >= 0.6 is 11.6 Å². The number of nitrogens with zero attached hydrogens (tertiary/aromatic N) is 1. The number of carbonyl (C=O) groups excluding carboxylic acids is 2. The van der Waals surface area contributed by atoms with Gasteiger partial charge in [0, 0.05) is 25.7 Å². The maximum atomic E-state index is 11.9. The fraction of sp³-hybridized carbons (Fsp3) is 0.367. The number of hydrogen-bond acceptors (Lipinski definition) is 3. The van der Waals surface area contributed by atoms with Crippen LogP contribution in [0.5, 0.6) is 0 Å². The quantitative estimate of drug-likeness (QED) is 0.126. The van der Waals surface area contributed by atoms with Crippen molar-refractivity contribution >= 4 is 23.4 Å². The topological polar surface area (TPSA) is 71.1 Å². The van der Waals surface area contributed by atoms with Crippen molar-refractivity contribution in [2.75, 3.05) is 13.1 Å². The minimum absolute atomic E-state index is 0.0306. The van der Waals surface area contributed by atoms with Crippen molar-refractivity contribution in [1.82, 2.24) is 15.6 Å². The van der Waals surface area contributed by atoms with E-state index >= 15 is 0 Å². The average molecular weight is 510 g/mol. The van der Waals surface area contributed by atoms with Crippen LogP contribution < -0.4 is 10.6 Å². The van der Waals surface area contributed by atoms with Gasteiger partial charge < -0.3 is 10.6 Å². The molecule has 0 saturated carbocycles. The van der Waals surface area contributed by atoms with Crippen LogP contribution in [0.2, 0.25) is 5.15 Å². The van der Waals surface area contributed by atoms with E-state index in [2.05, 4.69) is 89.4 Å². The first-order valence-corrected chi connectivity index (χ1v) is 13.1. The largest absolute Gasteiger partial charge is 0.354 e. The van der Waals surface area contributed by atoms with Crippen molar-refractivity contribution in [2.24, 2.45) is 0 Å². The van der Waals surface area contributed by atoms with E-state index in [1.54, 1.807) is 12.1 Å². The summed E-state index contributed by atoms with van der Waals surface area (Å²) in [5.41, 5.74) is 0.434. The Balaban J connectivity index is 1.98. The molecule has 2 N–H and O–H groups in total. The zero-order chi connectivity index (χ0) is 26.1. The lowest BCUT2D eigenvalue weighted by Crippen LogP contribution is -2.34. The number of amides is 2. The van der Waals surface area contributed by atoms with Gasteiger partial charge in [0.2, 0.25) is 5.91 Å². The highest BCUT2D eigenvalue weighted by Gasteiger charge is 2.05. The number of pyridine rings is 1. The van der Waals surface area contributed by atoms with Crippen LogP contribution in [0.1, 0.15) is 68.6 Å². The number of nitrogens with one attached hydrogen (secondary N) is 2. The van der Waals surface area contributed by atoms with Gasteiger partial charge in [-0.25, -0.2) is 4.98 Å². The lowest BCUT2D eigenvalue weighted by Gasteiger charge is -2.06. The molecule has 0 atom stereocenters. The van der Waals surface area contributed by atoms with Gasteiger partial charge in [0.15, 0.2) is 0 Å². The van der Waals surface area contributed by atoms with Crippen LogP contribution in [0.15, 0.2) is 91.2 Å². The smallest absolute Gasteiger partial charge is 0.252 e. The monoisotopic (exact) mass is 509 g/mol. The van der Waals surface area contributed by atoms with Crippen LogP contribution in [0.4, 0.5) is 0 Å². The Morgan fingerprint density at radius 3 is 1.75 bits per heavy atom. The third kappa shape index (κ3) is 18.2. The maximum Gasteiger partial charge on any atom is 0.252 e. The molecule has 0 aliphatic carbocycles. The third-order valence-corrected chi connectivity index (χ3v) is 5.08. The molecule has 0 bridgehead atoms. The second kappa shape index (κ2) is 22.3. The Hall–Kier alpha value is -3.18. The summed E-state index contributed by atoms with van der Waals surface area (Å²) in [6, 6.07) is 3.17. The fourth-order valence-corrected chi connectivity index (χ4v) is 3.04. The molecular weight excluding hydrogens is 470 g/mol. The van der Waals surface area contributed by atoms with Gasteiger partial charge in [0.1, 0.15) is 5.15 Å². The Bertz CT molecular complexity index is 913. The first-order chi connectivity index (χ1) is 17.6. The van der Waals surface area contributed by atoms with Crippen molar-refractivity contribution in [3.8, 4) is 0 Å². The molecule has 0 radical (unpaired) electrons. The predicted molar refractivity (Wildman–Crippen MR) is 152 cm³/mol. The van der Waals surface area contributed by atoms with Gasteiger partial charge >= 0.3 is 0 Å². The van der Waals surface area contributed by atoms with E-state index in [1.165, 1.54) is 6.20 Å². The van der Waals surface area contributed by atoms with Gasteiger partial charge in [-0.2, -0.15) is 0 Å². The van der Waals surface area contributed by atoms with Crippen LogP contribution in [-0.2, 0) is 4.79 Å². The van der Waals surface area contributed by atoms with E-state index < -0.39 is 0 Å². The number of halogens is 1. The van der Waals surface area contributed by atoms with E-state index in [1.807, 2.05) is 6.08 Å². The highest BCUT2D eigenvalue weighted by atomic mass is 35.5. The summed E-state index contributed by atoms with van der Waals surface area (Å²) in [5.74, 6) is -0.275. The summed E-state index contributed by atoms with van der Waals surface area (Å²) in [7, 11) is 0. The number of aromatic nitrogens is 1. The molecule has 0 unspecified atom stereocenters. The van der Waals surface area contributed by atoms with E-state index in [9.17, 15) is 9.59 Å². The van der Waals surface area contributed by atoms with Crippen LogP contribution in [0.25, 0.3) is 0 Å². The van der Waals surface area contributed by atoms with E-state index in [-0.39, 0.29) is 11.8 Å². The van der Waals surface area contributed by atoms with Crippen molar-refractivity contribution in [3.05, 3.63) is 102 Å². The number of hydrogen-bond donors (Lipinski definition) is 2. The second-order valence-corrected chi connectivity index (χ2v) is 8.32. The van der Waals surface area contributed by atoms with Crippen LogP contribution in [-0.4, -0.2) is 29.9 Å². The third-order valence-electron chi connectivity index (χ3n) is 4.86. The Kier molecular flexibility index (Phi) is 19.1. The summed E-state index contributed by atoms with van der Waals surface area (Å²) in [4.78, 5) is 27.7. The standard InChI is InChI=1S/C30H40ClN3O2/c1-2-3-4-5-6-7-8-9-10-11-12-13-14-15-16-17-18-19-20-21-29(35)32-24-25-33-30(36)27-22-23-28(31)34-26-27/h3-4,6-7,9-10,12-13,15-16,18-19,22-23,26H,2,5,8,11,14,17,20-21,24-25H2,1H3,(H,32,35)(H,33,36). The molecule has 0 aliphatic rings. The Morgan fingerprint density at radius 1 is 0.750 bits per heavy atom. The molecule has 0 aliphatic heterocycles. The minimum atomic E-state index is -0.244. The summed E-state index contributed by atoms with van der Waals surface area (Å²) in [5, 5.41) is 5.87. The molecule has 1 heterocycles. The summed E-state index contributed by atoms with van der Waals surface area (Å²) in [6.45, 7) is 2.89. The molecule has 2 amide bonds. The maximum absolute atomic E-state index is 11.9. The predicted octanol–water partition coefficient (Wildman–Crippen LogP) is 7.06. The highest BCUT2D eigenvalue weighted by molar-refractivity contribution is 6.29.